The van der Waals surface area contributed by atoms with Gasteiger partial charge in [-0.1, -0.05) is 12.8 Å². The van der Waals surface area contributed by atoms with E-state index >= 15 is 0 Å². The Morgan fingerprint density at radius 3 is 2.50 bits per heavy atom. The van der Waals surface area contributed by atoms with E-state index in [9.17, 15) is 9.59 Å². The molecule has 1 aromatic rings. The van der Waals surface area contributed by atoms with E-state index in [1.165, 1.54) is 0 Å². The molecule has 1 aliphatic carbocycles. The molecule has 2 rings (SSSR count). The van der Waals surface area contributed by atoms with E-state index < -0.39 is 18.0 Å². The van der Waals surface area contributed by atoms with Gasteiger partial charge in [0.25, 0.3) is 5.91 Å². The third kappa shape index (κ3) is 4.48. The summed E-state index contributed by atoms with van der Waals surface area (Å²) in [6, 6.07) is 8.11. The van der Waals surface area contributed by atoms with Gasteiger partial charge < -0.3 is 10.1 Å². The van der Waals surface area contributed by atoms with Gasteiger partial charge >= 0.3 is 6.03 Å². The Bertz CT molecular complexity index is 571. The van der Waals surface area contributed by atoms with Crippen LogP contribution in [0.5, 0.6) is 5.75 Å². The van der Waals surface area contributed by atoms with Crippen molar-refractivity contribution >= 4 is 11.9 Å². The molecule has 0 heterocycles. The van der Waals surface area contributed by atoms with Crippen LogP contribution in [0, 0.1) is 11.3 Å². The Morgan fingerprint density at radius 1 is 1.27 bits per heavy atom. The molecule has 22 heavy (non-hydrogen) atoms. The summed E-state index contributed by atoms with van der Waals surface area (Å²) in [6.45, 7) is 1.57. The first-order valence-electron chi connectivity index (χ1n) is 7.36. The maximum atomic E-state index is 11.9. The predicted molar refractivity (Wildman–Crippen MR) is 80.2 cm³/mol. The molecule has 0 saturated heterocycles. The second-order valence-electron chi connectivity index (χ2n) is 5.34. The smallest absolute Gasteiger partial charge is 0.321 e. The summed E-state index contributed by atoms with van der Waals surface area (Å²) in [4.78, 5) is 23.6. The Labute approximate surface area is 129 Å². The van der Waals surface area contributed by atoms with Crippen LogP contribution in [0.2, 0.25) is 0 Å². The Balaban J connectivity index is 1.80. The topological polar surface area (TPSA) is 91.2 Å². The molecule has 0 aromatic heterocycles. The van der Waals surface area contributed by atoms with Crippen LogP contribution in [0.3, 0.4) is 0 Å². The molecule has 1 atom stereocenters. The minimum atomic E-state index is -0.803. The number of nitriles is 1. The van der Waals surface area contributed by atoms with Gasteiger partial charge in [0.2, 0.25) is 0 Å². The van der Waals surface area contributed by atoms with Gasteiger partial charge in [-0.15, -0.1) is 0 Å². The monoisotopic (exact) mass is 301 g/mol. The summed E-state index contributed by atoms with van der Waals surface area (Å²) in [5.74, 6) is -0.0299. The second kappa shape index (κ2) is 7.46. The quantitative estimate of drug-likeness (QED) is 0.891. The predicted octanol–water partition coefficient (Wildman–Crippen LogP) is 2.09. The fourth-order valence-electron chi connectivity index (χ4n) is 2.37. The SMILES string of the molecule is C[C@H](Oc1ccc(C#N)cc1)C(=O)NC(=O)NC1CCCC1. The fourth-order valence-corrected chi connectivity index (χ4v) is 2.37. The van der Waals surface area contributed by atoms with E-state index in [0.717, 1.165) is 25.7 Å². The number of rotatable bonds is 4. The van der Waals surface area contributed by atoms with E-state index in [1.807, 2.05) is 6.07 Å². The van der Waals surface area contributed by atoms with Crippen molar-refractivity contribution in [2.24, 2.45) is 0 Å². The summed E-state index contributed by atoms with van der Waals surface area (Å²) in [6.07, 6.45) is 3.33. The highest BCUT2D eigenvalue weighted by atomic mass is 16.5. The van der Waals surface area contributed by atoms with Crippen LogP contribution in [0.15, 0.2) is 24.3 Å². The summed E-state index contributed by atoms with van der Waals surface area (Å²) in [7, 11) is 0. The van der Waals surface area contributed by atoms with E-state index in [-0.39, 0.29) is 6.04 Å². The van der Waals surface area contributed by atoms with Crippen molar-refractivity contribution < 1.29 is 14.3 Å². The molecule has 1 saturated carbocycles. The number of carbonyl (C=O) groups is 2. The van der Waals surface area contributed by atoms with E-state index in [1.54, 1.807) is 31.2 Å². The zero-order valence-electron chi connectivity index (χ0n) is 12.5. The van der Waals surface area contributed by atoms with Crippen LogP contribution in [-0.4, -0.2) is 24.1 Å². The minimum absolute atomic E-state index is 0.155. The fraction of sp³-hybridized carbons (Fsp3) is 0.438. The van der Waals surface area contributed by atoms with E-state index in [0.29, 0.717) is 11.3 Å². The molecule has 3 amide bonds. The minimum Gasteiger partial charge on any atom is -0.481 e. The van der Waals surface area contributed by atoms with Crippen LogP contribution in [0.1, 0.15) is 38.2 Å². The molecule has 0 spiro atoms. The lowest BCUT2D eigenvalue weighted by Crippen LogP contribution is -2.47. The first kappa shape index (κ1) is 15.8. The normalized spacial score (nSPS) is 15.6. The van der Waals surface area contributed by atoms with Gasteiger partial charge in [0.15, 0.2) is 6.10 Å². The zero-order chi connectivity index (χ0) is 15.9. The number of nitrogens with one attached hydrogen (secondary N) is 2. The van der Waals surface area contributed by atoms with Gasteiger partial charge in [0.1, 0.15) is 5.75 Å². The van der Waals surface area contributed by atoms with Crippen LogP contribution >= 0.6 is 0 Å². The van der Waals surface area contributed by atoms with Gasteiger partial charge in [0.05, 0.1) is 11.6 Å². The molecular weight excluding hydrogens is 282 g/mol. The van der Waals surface area contributed by atoms with Crippen molar-refractivity contribution in [1.82, 2.24) is 10.6 Å². The third-order valence-electron chi connectivity index (χ3n) is 3.59. The highest BCUT2D eigenvalue weighted by Crippen LogP contribution is 2.17. The Morgan fingerprint density at radius 2 is 1.91 bits per heavy atom. The molecule has 0 radical (unpaired) electrons. The lowest BCUT2D eigenvalue weighted by Gasteiger charge is -2.16. The number of benzene rings is 1. The third-order valence-corrected chi connectivity index (χ3v) is 3.59. The van der Waals surface area contributed by atoms with Gasteiger partial charge in [-0.05, 0) is 44.0 Å². The zero-order valence-corrected chi connectivity index (χ0v) is 12.5. The second-order valence-corrected chi connectivity index (χ2v) is 5.34. The summed E-state index contributed by atoms with van der Waals surface area (Å²) < 4.78 is 5.45. The number of carbonyl (C=O) groups excluding carboxylic acids is 2. The molecule has 1 aliphatic rings. The first-order chi connectivity index (χ1) is 10.6. The van der Waals surface area contributed by atoms with Crippen LogP contribution < -0.4 is 15.4 Å². The number of nitrogens with zero attached hydrogens (tertiary/aromatic N) is 1. The lowest BCUT2D eigenvalue weighted by atomic mass is 10.2. The van der Waals surface area contributed by atoms with Crippen molar-refractivity contribution in [2.75, 3.05) is 0 Å². The van der Waals surface area contributed by atoms with Gasteiger partial charge in [-0.3, -0.25) is 10.1 Å². The molecule has 2 N–H and O–H groups in total. The molecule has 116 valence electrons. The average molecular weight is 301 g/mol. The van der Waals surface area contributed by atoms with Crippen molar-refractivity contribution in [2.45, 2.75) is 44.8 Å². The van der Waals surface area contributed by atoms with Crippen molar-refractivity contribution in [3.63, 3.8) is 0 Å². The number of hydrogen-bond acceptors (Lipinski definition) is 4. The molecule has 6 heteroatoms. The largest absolute Gasteiger partial charge is 0.481 e. The average Bonchev–Trinajstić information content (AvgIpc) is 3.00. The maximum absolute atomic E-state index is 11.9. The summed E-state index contributed by atoms with van der Waals surface area (Å²) in [5, 5.41) is 13.8. The molecule has 1 aromatic carbocycles. The maximum Gasteiger partial charge on any atom is 0.321 e. The van der Waals surface area contributed by atoms with Gasteiger partial charge in [-0.2, -0.15) is 5.26 Å². The molecular formula is C16H19N3O3. The highest BCUT2D eigenvalue weighted by molar-refractivity contribution is 5.96. The molecule has 0 unspecified atom stereocenters. The lowest BCUT2D eigenvalue weighted by molar-refractivity contribution is -0.126. The molecule has 6 nitrogen and oxygen atoms in total. The van der Waals surface area contributed by atoms with Gasteiger partial charge in [-0.25, -0.2) is 4.79 Å². The first-order valence-corrected chi connectivity index (χ1v) is 7.36. The van der Waals surface area contributed by atoms with Crippen LogP contribution in [0.25, 0.3) is 0 Å². The Kier molecular flexibility index (Phi) is 5.37. The number of urea groups is 1. The van der Waals surface area contributed by atoms with Crippen molar-refractivity contribution in [1.29, 1.82) is 5.26 Å². The van der Waals surface area contributed by atoms with Crippen molar-refractivity contribution in [3.05, 3.63) is 29.8 Å². The number of imide groups is 1. The highest BCUT2D eigenvalue weighted by Gasteiger charge is 2.21. The summed E-state index contributed by atoms with van der Waals surface area (Å²) in [5.41, 5.74) is 0.514. The number of hydrogen-bond donors (Lipinski definition) is 2. The summed E-state index contributed by atoms with van der Waals surface area (Å²) >= 11 is 0. The molecule has 0 bridgehead atoms. The van der Waals surface area contributed by atoms with E-state index in [2.05, 4.69) is 10.6 Å². The molecule has 0 aliphatic heterocycles. The Hall–Kier alpha value is -2.55. The van der Waals surface area contributed by atoms with Crippen LogP contribution in [0.4, 0.5) is 4.79 Å². The standard InChI is InChI=1S/C16H19N3O3/c1-11(22-14-8-6-12(10-17)7-9-14)15(20)19-16(21)18-13-4-2-3-5-13/h6-9,11,13H,2-5H2,1H3,(H2,18,19,20,21)/t11-/m0/s1. The van der Waals surface area contributed by atoms with E-state index in [4.69, 9.17) is 10.00 Å². The number of amides is 3. The molecule has 1 fully saturated rings. The van der Waals surface area contributed by atoms with Crippen LogP contribution in [-0.2, 0) is 4.79 Å². The number of ether oxygens (including phenoxy) is 1. The van der Waals surface area contributed by atoms with Gasteiger partial charge in [0, 0.05) is 6.04 Å². The van der Waals surface area contributed by atoms with Crippen molar-refractivity contribution in [3.8, 4) is 11.8 Å².